The maximum atomic E-state index is 13.8. The van der Waals surface area contributed by atoms with E-state index >= 15 is 0 Å². The molecule has 3 aromatic rings. The summed E-state index contributed by atoms with van der Waals surface area (Å²) in [5.41, 5.74) is 4.23. The third kappa shape index (κ3) is 2.86. The maximum Gasteiger partial charge on any atom is 0.244 e. The number of halogens is 3. The van der Waals surface area contributed by atoms with E-state index in [1.807, 2.05) is 55.5 Å². The minimum absolute atomic E-state index is 0.442. The zero-order valence-electron chi connectivity index (χ0n) is 18.5. The molecule has 2 bridgehead atoms. The van der Waals surface area contributed by atoms with Gasteiger partial charge in [-0.3, -0.25) is 19.3 Å². The standard InChI is InChI=1S/C27H19Cl3N2O3/c1-14-10-11-15(12-20(14)28)31-21(33)13-32-24(34)22-23(25(32)35)27(30)17-7-3-2-6-16(17)26(22,29)18-8-4-5-9-19(18)27/h2-12,22-23H,13H2,1H3,(H,31,33)/t22-,23-,26?,27?/m1/s1. The van der Waals surface area contributed by atoms with Gasteiger partial charge >= 0.3 is 0 Å². The molecule has 4 aliphatic rings. The lowest BCUT2D eigenvalue weighted by Crippen LogP contribution is -2.57. The zero-order valence-corrected chi connectivity index (χ0v) is 20.8. The highest BCUT2D eigenvalue weighted by Crippen LogP contribution is 2.69. The van der Waals surface area contributed by atoms with Crippen molar-refractivity contribution in [3.05, 3.63) is 99.6 Å². The van der Waals surface area contributed by atoms with Crippen LogP contribution in [0.1, 0.15) is 27.8 Å². The summed E-state index contributed by atoms with van der Waals surface area (Å²) in [6, 6.07) is 19.9. The third-order valence-corrected chi connectivity index (χ3v) is 9.13. The molecule has 1 fully saturated rings. The average Bonchev–Trinajstić information content (AvgIpc) is 3.10. The maximum absolute atomic E-state index is 13.8. The van der Waals surface area contributed by atoms with Gasteiger partial charge < -0.3 is 5.32 Å². The van der Waals surface area contributed by atoms with Gasteiger partial charge in [-0.1, -0.05) is 66.2 Å². The molecule has 5 nitrogen and oxygen atoms in total. The van der Waals surface area contributed by atoms with Crippen LogP contribution in [0.4, 0.5) is 5.69 Å². The van der Waals surface area contributed by atoms with Gasteiger partial charge in [-0.15, -0.1) is 23.2 Å². The lowest BCUT2D eigenvalue weighted by molar-refractivity contribution is -0.142. The fourth-order valence-electron chi connectivity index (χ4n) is 5.90. The first-order valence-corrected chi connectivity index (χ1v) is 12.3. The number of nitrogens with one attached hydrogen (secondary N) is 1. The van der Waals surface area contributed by atoms with Crippen molar-refractivity contribution in [1.82, 2.24) is 4.90 Å². The van der Waals surface area contributed by atoms with Gasteiger partial charge in [0.05, 0.1) is 11.8 Å². The van der Waals surface area contributed by atoms with Gasteiger partial charge in [-0.2, -0.15) is 0 Å². The third-order valence-electron chi connectivity index (χ3n) is 7.43. The van der Waals surface area contributed by atoms with Gasteiger partial charge in [-0.25, -0.2) is 0 Å². The van der Waals surface area contributed by atoms with Crippen LogP contribution in [-0.2, 0) is 24.1 Å². The normalized spacial score (nSPS) is 27.9. The number of hydrogen-bond donors (Lipinski definition) is 1. The number of anilines is 1. The summed E-state index contributed by atoms with van der Waals surface area (Å²) in [4.78, 5) is 38.8. The summed E-state index contributed by atoms with van der Waals surface area (Å²) in [5.74, 6) is -3.37. The Morgan fingerprint density at radius 1 is 0.857 bits per heavy atom. The van der Waals surface area contributed by atoms with Crippen molar-refractivity contribution in [2.45, 2.75) is 16.7 Å². The van der Waals surface area contributed by atoms with Crippen LogP contribution in [0.3, 0.4) is 0 Å². The Labute approximate surface area is 217 Å². The summed E-state index contributed by atoms with van der Waals surface area (Å²) in [7, 11) is 0. The number of hydrogen-bond acceptors (Lipinski definition) is 3. The molecule has 35 heavy (non-hydrogen) atoms. The Morgan fingerprint density at radius 3 is 1.74 bits per heavy atom. The second-order valence-corrected chi connectivity index (χ2v) is 10.8. The van der Waals surface area contributed by atoms with E-state index in [0.29, 0.717) is 10.7 Å². The van der Waals surface area contributed by atoms with E-state index in [0.717, 1.165) is 32.7 Å². The summed E-state index contributed by atoms with van der Waals surface area (Å²) < 4.78 is 0. The summed E-state index contributed by atoms with van der Waals surface area (Å²) in [6.07, 6.45) is 0. The van der Waals surface area contributed by atoms with E-state index < -0.39 is 45.9 Å². The Balaban J connectivity index is 1.40. The molecule has 0 spiro atoms. The van der Waals surface area contributed by atoms with Crippen LogP contribution in [0.25, 0.3) is 0 Å². The van der Waals surface area contributed by atoms with Crippen LogP contribution >= 0.6 is 34.8 Å². The number of rotatable bonds is 3. The molecule has 1 heterocycles. The Hall–Kier alpha value is -2.86. The molecule has 0 unspecified atom stereocenters. The van der Waals surface area contributed by atoms with Crippen LogP contribution in [0.15, 0.2) is 66.7 Å². The van der Waals surface area contributed by atoms with Gasteiger partial charge in [0, 0.05) is 10.7 Å². The first kappa shape index (κ1) is 22.6. The lowest BCUT2D eigenvalue weighted by Gasteiger charge is -2.54. The first-order chi connectivity index (χ1) is 16.7. The van der Waals surface area contributed by atoms with Gasteiger partial charge in [-0.05, 0) is 46.9 Å². The van der Waals surface area contributed by atoms with Crippen LogP contribution in [0.2, 0.25) is 5.02 Å². The van der Waals surface area contributed by atoms with Crippen molar-refractivity contribution in [2.75, 3.05) is 11.9 Å². The van der Waals surface area contributed by atoms with E-state index in [1.165, 1.54) is 0 Å². The van der Waals surface area contributed by atoms with E-state index in [9.17, 15) is 14.4 Å². The molecule has 7 rings (SSSR count). The highest BCUT2D eigenvalue weighted by Gasteiger charge is 2.73. The lowest BCUT2D eigenvalue weighted by atomic mass is 9.54. The smallest absolute Gasteiger partial charge is 0.244 e. The molecule has 176 valence electrons. The number of alkyl halides is 2. The average molecular weight is 526 g/mol. The van der Waals surface area contributed by atoms with Crippen LogP contribution in [0.5, 0.6) is 0 Å². The second kappa shape index (κ2) is 7.57. The fraction of sp³-hybridized carbons (Fsp3) is 0.222. The van der Waals surface area contributed by atoms with Crippen molar-refractivity contribution in [3.63, 3.8) is 0 Å². The van der Waals surface area contributed by atoms with E-state index in [2.05, 4.69) is 5.32 Å². The molecule has 0 radical (unpaired) electrons. The predicted octanol–water partition coefficient (Wildman–Crippen LogP) is 5.18. The van der Waals surface area contributed by atoms with Crippen molar-refractivity contribution in [1.29, 1.82) is 0 Å². The van der Waals surface area contributed by atoms with E-state index in [4.69, 9.17) is 34.8 Å². The number of carbonyl (C=O) groups excluding carboxylic acids is 3. The highest BCUT2D eigenvalue weighted by molar-refractivity contribution is 6.36. The van der Waals surface area contributed by atoms with Gasteiger partial charge in [0.15, 0.2) is 0 Å². The number of carbonyl (C=O) groups is 3. The molecule has 1 N–H and O–H groups in total. The summed E-state index contributed by atoms with van der Waals surface area (Å²) in [5, 5.41) is 3.22. The summed E-state index contributed by atoms with van der Waals surface area (Å²) >= 11 is 20.9. The number of benzene rings is 3. The molecule has 1 aliphatic heterocycles. The van der Waals surface area contributed by atoms with Crippen LogP contribution in [0, 0.1) is 18.8 Å². The highest BCUT2D eigenvalue weighted by atomic mass is 35.5. The minimum atomic E-state index is -1.27. The molecular formula is C27H19Cl3N2O3. The molecule has 1 saturated heterocycles. The number of imide groups is 1. The number of aryl methyl sites for hydroxylation is 1. The number of amides is 3. The molecular weight excluding hydrogens is 507 g/mol. The zero-order chi connectivity index (χ0) is 24.7. The molecule has 3 aliphatic carbocycles. The summed E-state index contributed by atoms with van der Waals surface area (Å²) in [6.45, 7) is 1.41. The van der Waals surface area contributed by atoms with Crippen LogP contribution < -0.4 is 5.32 Å². The topological polar surface area (TPSA) is 66.5 Å². The predicted molar refractivity (Wildman–Crippen MR) is 135 cm³/mol. The van der Waals surface area contributed by atoms with Crippen molar-refractivity contribution in [3.8, 4) is 0 Å². The molecule has 3 aromatic carbocycles. The quantitative estimate of drug-likeness (QED) is 0.378. The van der Waals surface area contributed by atoms with Gasteiger partial charge in [0.25, 0.3) is 0 Å². The monoisotopic (exact) mass is 524 g/mol. The largest absolute Gasteiger partial charge is 0.324 e. The Kier molecular flexibility index (Phi) is 4.89. The fourth-order valence-corrected chi connectivity index (χ4v) is 7.17. The van der Waals surface area contributed by atoms with Crippen molar-refractivity contribution in [2.24, 2.45) is 11.8 Å². The molecule has 0 aromatic heterocycles. The Bertz CT molecular complexity index is 1330. The molecule has 8 heteroatoms. The van der Waals surface area contributed by atoms with Gasteiger partial charge in [0.1, 0.15) is 16.3 Å². The first-order valence-electron chi connectivity index (χ1n) is 11.2. The molecule has 0 saturated carbocycles. The number of nitrogens with zero attached hydrogens (tertiary/aromatic N) is 1. The Morgan fingerprint density at radius 2 is 1.31 bits per heavy atom. The van der Waals surface area contributed by atoms with Crippen LogP contribution in [-0.4, -0.2) is 29.2 Å². The van der Waals surface area contributed by atoms with Crippen molar-refractivity contribution < 1.29 is 14.4 Å². The molecule has 3 amide bonds. The number of likely N-dealkylation sites (tertiary alicyclic amines) is 1. The minimum Gasteiger partial charge on any atom is -0.324 e. The molecule has 2 atom stereocenters. The van der Waals surface area contributed by atoms with Crippen molar-refractivity contribution >= 4 is 58.2 Å². The van der Waals surface area contributed by atoms with E-state index in [1.54, 1.807) is 18.2 Å². The second-order valence-electron chi connectivity index (χ2n) is 9.24. The van der Waals surface area contributed by atoms with E-state index in [-0.39, 0.29) is 0 Å². The SMILES string of the molecule is Cc1ccc(NC(=O)CN2C(=O)[C@H]3[C@H](C2=O)C2(Cl)c4ccccc4C3(Cl)c3ccccc32)cc1Cl. The van der Waals surface area contributed by atoms with Gasteiger partial charge in [0.2, 0.25) is 17.7 Å².